The number of furan rings is 1. The third-order valence-electron chi connectivity index (χ3n) is 4.44. The molecule has 0 spiro atoms. The van der Waals surface area contributed by atoms with Gasteiger partial charge in [0.2, 0.25) is 0 Å². The van der Waals surface area contributed by atoms with Crippen LogP contribution in [0, 0.1) is 5.92 Å². The minimum absolute atomic E-state index is 0.122. The van der Waals surface area contributed by atoms with E-state index in [0.717, 1.165) is 11.8 Å². The lowest BCUT2D eigenvalue weighted by atomic mass is 9.97. The van der Waals surface area contributed by atoms with Gasteiger partial charge in [0.1, 0.15) is 5.58 Å². The van der Waals surface area contributed by atoms with E-state index >= 15 is 0 Å². The zero-order chi connectivity index (χ0) is 14.8. The van der Waals surface area contributed by atoms with Crippen LogP contribution in [0.1, 0.15) is 49.6 Å². The molecular weight excluding hydrogens is 264 g/mol. The van der Waals surface area contributed by atoms with Gasteiger partial charge in [-0.15, -0.1) is 0 Å². The maximum atomic E-state index is 12.4. The second-order valence-electron chi connectivity index (χ2n) is 6.10. The average molecular weight is 286 g/mol. The van der Waals surface area contributed by atoms with Gasteiger partial charge in [0.05, 0.1) is 0 Å². The van der Waals surface area contributed by atoms with Gasteiger partial charge in [0, 0.05) is 17.1 Å². The molecule has 4 nitrogen and oxygen atoms in total. The molecule has 3 N–H and O–H groups in total. The predicted molar refractivity (Wildman–Crippen MR) is 84.1 cm³/mol. The van der Waals surface area contributed by atoms with Crippen LogP contribution in [-0.4, -0.2) is 11.9 Å². The van der Waals surface area contributed by atoms with Crippen molar-refractivity contribution in [3.63, 3.8) is 0 Å². The van der Waals surface area contributed by atoms with Crippen molar-refractivity contribution in [2.45, 2.75) is 45.1 Å². The lowest BCUT2D eigenvalue weighted by Crippen LogP contribution is -2.38. The summed E-state index contributed by atoms with van der Waals surface area (Å²) >= 11 is 0. The van der Waals surface area contributed by atoms with Gasteiger partial charge in [0.15, 0.2) is 5.76 Å². The molecule has 1 amide bonds. The third kappa shape index (κ3) is 3.04. The number of nitrogens with one attached hydrogen (secondary N) is 1. The van der Waals surface area contributed by atoms with Crippen LogP contribution in [0.3, 0.4) is 0 Å². The summed E-state index contributed by atoms with van der Waals surface area (Å²) in [6.45, 7) is 2.22. The van der Waals surface area contributed by atoms with Gasteiger partial charge in [-0.1, -0.05) is 26.2 Å². The number of hydrogen-bond donors (Lipinski definition) is 2. The summed E-state index contributed by atoms with van der Waals surface area (Å²) < 4.78 is 5.63. The highest BCUT2D eigenvalue weighted by Gasteiger charge is 2.23. The van der Waals surface area contributed by atoms with E-state index in [1.165, 1.54) is 25.7 Å². The van der Waals surface area contributed by atoms with Crippen LogP contribution in [-0.2, 0) is 0 Å². The number of nitrogens with two attached hydrogens (primary N) is 1. The quantitative estimate of drug-likeness (QED) is 0.653. The van der Waals surface area contributed by atoms with Crippen LogP contribution in [0.25, 0.3) is 11.0 Å². The Morgan fingerprint density at radius 3 is 2.90 bits per heavy atom. The standard InChI is InChI=1S/C17H22N2O2/c1-11-5-3-2-4-6-14(11)19-17(20)16-10-12-9-13(18)7-8-15(12)21-16/h7-11,14H,2-6,18H2,1H3,(H,19,20). The van der Waals surface area contributed by atoms with Gasteiger partial charge in [-0.05, 0) is 43.0 Å². The van der Waals surface area contributed by atoms with Gasteiger partial charge < -0.3 is 15.5 Å². The number of benzene rings is 1. The molecule has 1 aromatic heterocycles. The highest BCUT2D eigenvalue weighted by atomic mass is 16.3. The molecule has 1 fully saturated rings. The molecule has 3 rings (SSSR count). The predicted octanol–water partition coefficient (Wildman–Crippen LogP) is 3.71. The van der Waals surface area contributed by atoms with Gasteiger partial charge >= 0.3 is 0 Å². The van der Waals surface area contributed by atoms with Gasteiger partial charge in [0.25, 0.3) is 5.91 Å². The first-order valence-electron chi connectivity index (χ1n) is 7.73. The molecule has 2 atom stereocenters. The van der Waals surface area contributed by atoms with Gasteiger partial charge in [-0.3, -0.25) is 4.79 Å². The van der Waals surface area contributed by atoms with Gasteiger partial charge in [-0.25, -0.2) is 0 Å². The smallest absolute Gasteiger partial charge is 0.287 e. The minimum atomic E-state index is -0.122. The fraction of sp³-hybridized carbons (Fsp3) is 0.471. The number of anilines is 1. The fourth-order valence-electron chi connectivity index (χ4n) is 3.12. The Hall–Kier alpha value is -1.97. The molecular formula is C17H22N2O2. The Morgan fingerprint density at radius 1 is 1.24 bits per heavy atom. The number of hydrogen-bond acceptors (Lipinski definition) is 3. The summed E-state index contributed by atoms with van der Waals surface area (Å²) in [5.41, 5.74) is 7.12. The number of rotatable bonds is 2. The number of amides is 1. The van der Waals surface area contributed by atoms with Crippen molar-refractivity contribution in [1.29, 1.82) is 0 Å². The Balaban J connectivity index is 1.76. The maximum absolute atomic E-state index is 12.4. The van der Waals surface area contributed by atoms with Crippen LogP contribution in [0.4, 0.5) is 5.69 Å². The molecule has 4 heteroatoms. The van der Waals surface area contributed by atoms with E-state index in [2.05, 4.69) is 12.2 Å². The number of carbonyl (C=O) groups excluding carboxylic acids is 1. The topological polar surface area (TPSA) is 68.3 Å². The van der Waals surface area contributed by atoms with Crippen LogP contribution in [0.2, 0.25) is 0 Å². The molecule has 1 heterocycles. The summed E-state index contributed by atoms with van der Waals surface area (Å²) in [7, 11) is 0. The van der Waals surface area contributed by atoms with E-state index in [4.69, 9.17) is 10.2 Å². The van der Waals surface area contributed by atoms with Gasteiger partial charge in [-0.2, -0.15) is 0 Å². The SMILES string of the molecule is CC1CCCCCC1NC(=O)c1cc2cc(N)ccc2o1. The Labute approximate surface area is 124 Å². The Bertz CT molecular complexity index is 647. The maximum Gasteiger partial charge on any atom is 0.287 e. The highest BCUT2D eigenvalue weighted by molar-refractivity contribution is 5.96. The lowest BCUT2D eigenvalue weighted by Gasteiger charge is -2.22. The average Bonchev–Trinajstić information content (AvgIpc) is 2.78. The number of carbonyl (C=O) groups is 1. The van der Waals surface area contributed by atoms with Crippen molar-refractivity contribution in [1.82, 2.24) is 5.32 Å². The van der Waals surface area contributed by atoms with Crippen molar-refractivity contribution in [2.75, 3.05) is 5.73 Å². The monoisotopic (exact) mass is 286 g/mol. The van der Waals surface area contributed by atoms with E-state index in [9.17, 15) is 4.79 Å². The Kier molecular flexibility index (Phi) is 3.86. The molecule has 112 valence electrons. The zero-order valence-corrected chi connectivity index (χ0v) is 12.4. The summed E-state index contributed by atoms with van der Waals surface area (Å²) in [6.07, 6.45) is 5.95. The zero-order valence-electron chi connectivity index (χ0n) is 12.4. The molecule has 0 saturated heterocycles. The third-order valence-corrected chi connectivity index (χ3v) is 4.44. The normalized spacial score (nSPS) is 22.9. The summed E-state index contributed by atoms with van der Waals surface area (Å²) in [5, 5.41) is 4.01. The lowest BCUT2D eigenvalue weighted by molar-refractivity contribution is 0.0895. The van der Waals surface area contributed by atoms with Crippen LogP contribution in [0.15, 0.2) is 28.7 Å². The van der Waals surface area contributed by atoms with Crippen molar-refractivity contribution < 1.29 is 9.21 Å². The molecule has 1 aromatic carbocycles. The second kappa shape index (κ2) is 5.80. The van der Waals surface area contributed by atoms with Crippen LogP contribution >= 0.6 is 0 Å². The first-order chi connectivity index (χ1) is 10.1. The fourth-order valence-corrected chi connectivity index (χ4v) is 3.12. The van der Waals surface area contributed by atoms with E-state index in [-0.39, 0.29) is 11.9 Å². The molecule has 1 aliphatic rings. The van der Waals surface area contributed by atoms with Crippen molar-refractivity contribution >= 4 is 22.6 Å². The van der Waals surface area contributed by atoms with Crippen LogP contribution < -0.4 is 11.1 Å². The molecule has 1 saturated carbocycles. The Morgan fingerprint density at radius 2 is 2.05 bits per heavy atom. The summed E-state index contributed by atoms with van der Waals surface area (Å²) in [5.74, 6) is 0.770. The summed E-state index contributed by atoms with van der Waals surface area (Å²) in [4.78, 5) is 12.4. The van der Waals surface area contributed by atoms with E-state index < -0.39 is 0 Å². The van der Waals surface area contributed by atoms with E-state index in [1.807, 2.05) is 6.07 Å². The molecule has 0 aliphatic heterocycles. The molecule has 0 radical (unpaired) electrons. The van der Waals surface area contributed by atoms with Crippen molar-refractivity contribution in [3.05, 3.63) is 30.0 Å². The first-order valence-corrected chi connectivity index (χ1v) is 7.73. The highest BCUT2D eigenvalue weighted by Crippen LogP contribution is 2.25. The minimum Gasteiger partial charge on any atom is -0.451 e. The number of nitrogen functional groups attached to an aromatic ring is 1. The second-order valence-corrected chi connectivity index (χ2v) is 6.10. The van der Waals surface area contributed by atoms with Crippen molar-refractivity contribution in [3.8, 4) is 0 Å². The largest absolute Gasteiger partial charge is 0.451 e. The summed E-state index contributed by atoms with van der Waals surface area (Å²) in [6, 6.07) is 7.42. The number of fused-ring (bicyclic) bond motifs is 1. The molecule has 0 bridgehead atoms. The molecule has 2 unspecified atom stereocenters. The van der Waals surface area contributed by atoms with Crippen LogP contribution in [0.5, 0.6) is 0 Å². The van der Waals surface area contributed by atoms with E-state index in [1.54, 1.807) is 18.2 Å². The molecule has 1 aliphatic carbocycles. The molecule has 2 aromatic rings. The molecule has 21 heavy (non-hydrogen) atoms. The van der Waals surface area contributed by atoms with Crippen molar-refractivity contribution in [2.24, 2.45) is 5.92 Å². The van der Waals surface area contributed by atoms with E-state index in [0.29, 0.717) is 22.9 Å². The first kappa shape index (κ1) is 14.0.